The van der Waals surface area contributed by atoms with Gasteiger partial charge in [-0.2, -0.15) is 8.42 Å². The zero-order chi connectivity index (χ0) is 26.3. The summed E-state index contributed by atoms with van der Waals surface area (Å²) in [5.74, 6) is 6.53. The first-order valence-electron chi connectivity index (χ1n) is 11.3. The molecule has 0 aliphatic heterocycles. The van der Waals surface area contributed by atoms with E-state index in [9.17, 15) is 13.5 Å². The van der Waals surface area contributed by atoms with Crippen molar-refractivity contribution in [2.24, 2.45) is 0 Å². The first kappa shape index (κ1) is 26.2. The lowest BCUT2D eigenvalue weighted by molar-refractivity contribution is 0.121. The maximum absolute atomic E-state index is 12.3. The van der Waals surface area contributed by atoms with Crippen molar-refractivity contribution in [3.05, 3.63) is 77.2 Å². The Morgan fingerprint density at radius 3 is 2.70 bits per heavy atom. The molecule has 2 aromatic heterocycles. The molecule has 0 aliphatic carbocycles. The largest absolute Gasteiger partial charge is 0.389 e. The van der Waals surface area contributed by atoms with E-state index in [1.54, 1.807) is 37.7 Å². The molecule has 4 rings (SSSR count). The molecule has 3 N–H and O–H groups in total. The first-order valence-corrected chi connectivity index (χ1v) is 13.5. The van der Waals surface area contributed by atoms with Crippen LogP contribution in [0.15, 0.2) is 65.8 Å². The average molecular weight is 536 g/mol. The summed E-state index contributed by atoms with van der Waals surface area (Å²) in [4.78, 5) is 13.0. The highest BCUT2D eigenvalue weighted by Crippen LogP contribution is 2.26. The van der Waals surface area contributed by atoms with E-state index in [0.717, 1.165) is 26.5 Å². The summed E-state index contributed by atoms with van der Waals surface area (Å²) in [6, 6.07) is 12.0. The molecule has 0 bridgehead atoms. The van der Waals surface area contributed by atoms with Crippen LogP contribution in [0.3, 0.4) is 0 Å². The van der Waals surface area contributed by atoms with Crippen molar-refractivity contribution in [1.29, 1.82) is 0 Å². The molecule has 1 unspecified atom stereocenters. The minimum Gasteiger partial charge on any atom is -0.389 e. The molecular weight excluding hydrogens is 510 g/mol. The molecule has 37 heavy (non-hydrogen) atoms. The highest BCUT2D eigenvalue weighted by Gasteiger charge is 2.17. The predicted molar refractivity (Wildman–Crippen MR) is 146 cm³/mol. The number of benzene rings is 2. The van der Waals surface area contributed by atoms with Crippen molar-refractivity contribution in [2.75, 3.05) is 30.8 Å². The Kier molecular flexibility index (Phi) is 8.47. The Balaban J connectivity index is 1.30. The molecular formula is C26H25N5O4S2. The number of fused-ring (bicyclic) bond motifs is 1. The quantitative estimate of drug-likeness (QED) is 0.217. The lowest BCUT2D eigenvalue weighted by atomic mass is 10.2. The van der Waals surface area contributed by atoms with Gasteiger partial charge in [0.25, 0.3) is 10.1 Å². The normalized spacial score (nSPS) is 12.3. The molecule has 1 atom stereocenters. The molecule has 0 fully saturated rings. The lowest BCUT2D eigenvalue weighted by Gasteiger charge is -2.13. The van der Waals surface area contributed by atoms with Crippen LogP contribution in [0.5, 0.6) is 0 Å². The van der Waals surface area contributed by atoms with Gasteiger partial charge in [0.05, 0.1) is 40.2 Å². The molecule has 0 saturated heterocycles. The number of thiazole rings is 1. The number of nitrogens with one attached hydrogen (secondary N) is 2. The van der Waals surface area contributed by atoms with Crippen molar-refractivity contribution in [3.8, 4) is 11.8 Å². The Morgan fingerprint density at radius 1 is 1.16 bits per heavy atom. The molecule has 0 saturated carbocycles. The van der Waals surface area contributed by atoms with Crippen LogP contribution in [0.4, 0.5) is 11.5 Å². The van der Waals surface area contributed by atoms with E-state index in [0.29, 0.717) is 11.5 Å². The zero-order valence-corrected chi connectivity index (χ0v) is 21.8. The molecule has 0 spiro atoms. The Labute approximate surface area is 219 Å². The molecule has 0 radical (unpaired) electrons. The number of hydrogen-bond acceptors (Lipinski definition) is 10. The zero-order valence-electron chi connectivity index (χ0n) is 20.2. The van der Waals surface area contributed by atoms with Gasteiger partial charge in [-0.3, -0.25) is 4.18 Å². The minimum absolute atomic E-state index is 0.0570. The number of nitrogens with zero attached hydrogens (tertiary/aromatic N) is 3. The van der Waals surface area contributed by atoms with Gasteiger partial charge in [-0.05, 0) is 55.3 Å². The number of rotatable bonds is 9. The van der Waals surface area contributed by atoms with Crippen molar-refractivity contribution < 1.29 is 17.7 Å². The Hall–Kier alpha value is -3.82. The third-order valence-corrected chi connectivity index (χ3v) is 7.37. The van der Waals surface area contributed by atoms with Crippen LogP contribution in [0.2, 0.25) is 0 Å². The van der Waals surface area contributed by atoms with Gasteiger partial charge in [-0.1, -0.05) is 23.6 Å². The van der Waals surface area contributed by atoms with E-state index < -0.39 is 16.2 Å². The van der Waals surface area contributed by atoms with E-state index >= 15 is 0 Å². The Morgan fingerprint density at radius 2 is 1.97 bits per heavy atom. The summed E-state index contributed by atoms with van der Waals surface area (Å²) in [5.41, 5.74) is 3.13. The van der Waals surface area contributed by atoms with E-state index in [2.05, 4.69) is 37.4 Å². The number of allylic oxidation sites excluding steroid dienone is 1. The maximum Gasteiger partial charge on any atom is 0.297 e. The minimum atomic E-state index is -3.93. The van der Waals surface area contributed by atoms with E-state index in [4.69, 9.17) is 4.18 Å². The van der Waals surface area contributed by atoms with Gasteiger partial charge in [-0.15, -0.1) is 11.3 Å². The van der Waals surface area contributed by atoms with Crippen molar-refractivity contribution in [3.63, 3.8) is 0 Å². The van der Waals surface area contributed by atoms with Crippen LogP contribution >= 0.6 is 11.3 Å². The smallest absolute Gasteiger partial charge is 0.297 e. The first-order chi connectivity index (χ1) is 17.8. The van der Waals surface area contributed by atoms with Gasteiger partial charge in [0.2, 0.25) is 0 Å². The summed E-state index contributed by atoms with van der Waals surface area (Å²) < 4.78 is 30.5. The van der Waals surface area contributed by atoms with Gasteiger partial charge in [0, 0.05) is 19.3 Å². The van der Waals surface area contributed by atoms with Crippen LogP contribution < -0.4 is 10.6 Å². The van der Waals surface area contributed by atoms with E-state index in [1.165, 1.54) is 23.5 Å². The molecule has 4 aromatic rings. The highest BCUT2D eigenvalue weighted by molar-refractivity contribution is 7.86. The van der Waals surface area contributed by atoms with Crippen molar-refractivity contribution >= 4 is 49.3 Å². The monoisotopic (exact) mass is 535 g/mol. The summed E-state index contributed by atoms with van der Waals surface area (Å²) in [7, 11) is -2.15. The number of aryl methyl sites for hydroxylation is 1. The number of aliphatic hydroxyl groups is 1. The van der Waals surface area contributed by atoms with Crippen molar-refractivity contribution in [2.45, 2.75) is 17.9 Å². The van der Waals surface area contributed by atoms with Crippen LogP contribution in [-0.4, -0.2) is 54.8 Å². The van der Waals surface area contributed by atoms with E-state index in [1.807, 2.05) is 31.2 Å². The molecule has 2 aromatic carbocycles. The fraction of sp³-hybridized carbons (Fsp3) is 0.192. The third-order valence-electron chi connectivity index (χ3n) is 5.09. The van der Waals surface area contributed by atoms with Gasteiger partial charge in [-0.25, -0.2) is 15.0 Å². The summed E-state index contributed by atoms with van der Waals surface area (Å²) in [6.07, 6.45) is 5.74. The van der Waals surface area contributed by atoms with Gasteiger partial charge < -0.3 is 15.7 Å². The predicted octanol–water partition coefficient (Wildman–Crippen LogP) is 3.68. The maximum atomic E-state index is 12.3. The molecule has 9 nitrogen and oxygen atoms in total. The topological polar surface area (TPSA) is 126 Å². The Bertz CT molecular complexity index is 1550. The second-order valence-corrected chi connectivity index (χ2v) is 10.6. The van der Waals surface area contributed by atoms with Gasteiger partial charge in [0.1, 0.15) is 16.5 Å². The molecule has 190 valence electrons. The summed E-state index contributed by atoms with van der Waals surface area (Å²) in [5, 5.41) is 17.0. The highest BCUT2D eigenvalue weighted by atomic mass is 32.2. The molecule has 0 amide bonds. The van der Waals surface area contributed by atoms with Gasteiger partial charge in [0.15, 0.2) is 0 Å². The molecule has 2 heterocycles. The average Bonchev–Trinajstić information content (AvgIpc) is 3.31. The lowest BCUT2D eigenvalue weighted by Crippen LogP contribution is -2.26. The van der Waals surface area contributed by atoms with Crippen LogP contribution in [0.1, 0.15) is 16.3 Å². The fourth-order valence-corrected chi connectivity index (χ4v) is 4.96. The number of aliphatic hydroxyl groups excluding tert-OH is 1. The summed E-state index contributed by atoms with van der Waals surface area (Å²) in [6.45, 7) is 1.63. The second kappa shape index (κ2) is 11.9. The standard InChI is InChI=1S/C26H25N5O4S2/c1-18-7-10-22(11-8-18)37(33,34)35-17-21(32)15-28-19-9-12-23-24(13-19)36-26(31-23)6-4-3-5-20-14-30-25(27-2)16-29-20/h4,6-14,16,21,28,32H,15,17H2,1-2H3,(H,27,30)/b6-4+. The SMILES string of the molecule is CNc1cnc(C#C/C=C/c2nc3ccc(NCC(O)COS(=O)(=O)c4ccc(C)cc4)cc3s2)cn1. The molecule has 0 aliphatic rings. The summed E-state index contributed by atoms with van der Waals surface area (Å²) >= 11 is 1.50. The number of anilines is 2. The fourth-order valence-electron chi connectivity index (χ4n) is 3.11. The van der Waals surface area contributed by atoms with Crippen molar-refractivity contribution in [1.82, 2.24) is 15.0 Å². The number of aromatic nitrogens is 3. The van der Waals surface area contributed by atoms with E-state index in [-0.39, 0.29) is 18.0 Å². The molecule has 11 heteroatoms. The van der Waals surface area contributed by atoms with Crippen LogP contribution in [0, 0.1) is 18.8 Å². The number of hydrogen-bond donors (Lipinski definition) is 3. The van der Waals surface area contributed by atoms with Crippen LogP contribution in [0.25, 0.3) is 16.3 Å². The van der Waals surface area contributed by atoms with Gasteiger partial charge >= 0.3 is 0 Å². The van der Waals surface area contributed by atoms with Crippen LogP contribution in [-0.2, 0) is 14.3 Å². The third kappa shape index (κ3) is 7.34. The second-order valence-electron chi connectivity index (χ2n) is 7.96.